The molecule has 17 heteroatoms. The van der Waals surface area contributed by atoms with Crippen molar-refractivity contribution < 1.29 is 43.1 Å². The minimum atomic E-state index is -4.30. The Morgan fingerprint density at radius 3 is 2.13 bits per heavy atom. The van der Waals surface area contributed by atoms with Crippen LogP contribution in [-0.2, 0) is 32.9 Å². The normalized spacial score (nSPS) is 24.6. The number of hydrogen-bond donors (Lipinski definition) is 5. The largest absolute Gasteiger partial charge is 0.465 e. The quantitative estimate of drug-likeness (QED) is 0.128. The van der Waals surface area contributed by atoms with Crippen molar-refractivity contribution in [1.82, 2.24) is 29.7 Å². The van der Waals surface area contributed by atoms with E-state index in [2.05, 4.69) is 25.1 Å². The van der Waals surface area contributed by atoms with Crippen molar-refractivity contribution in [3.05, 3.63) is 22.5 Å². The van der Waals surface area contributed by atoms with Crippen molar-refractivity contribution in [2.45, 2.75) is 104 Å². The molecule has 0 spiro atoms. The van der Waals surface area contributed by atoms with Crippen LogP contribution >= 0.6 is 7.67 Å². The molecular formula is C28H47N6O10P. The molecule has 0 radical (unpaired) electrons. The predicted molar refractivity (Wildman–Crippen MR) is 163 cm³/mol. The number of aryl methyl sites for hydroxylation is 1. The summed E-state index contributed by atoms with van der Waals surface area (Å²) in [6.07, 6.45) is -2.34. The van der Waals surface area contributed by atoms with Crippen molar-refractivity contribution in [2.24, 2.45) is 11.8 Å². The number of hydrogen-bond acceptors (Lipinski definition) is 12. The highest BCUT2D eigenvalue weighted by molar-refractivity contribution is 7.54. The molecule has 0 aromatic carbocycles. The summed E-state index contributed by atoms with van der Waals surface area (Å²) in [5.74, 6) is -1.03. The zero-order valence-electron chi connectivity index (χ0n) is 27.1. The van der Waals surface area contributed by atoms with Crippen LogP contribution in [0.5, 0.6) is 0 Å². The fourth-order valence-corrected chi connectivity index (χ4v) is 6.94. The Bertz CT molecular complexity index is 1390. The number of aromatic nitrogens is 4. The van der Waals surface area contributed by atoms with Crippen LogP contribution in [0.15, 0.2) is 11.1 Å². The number of fused-ring (bicyclic) bond motifs is 1. The van der Waals surface area contributed by atoms with Crippen LogP contribution in [0.25, 0.3) is 11.2 Å². The van der Waals surface area contributed by atoms with Gasteiger partial charge in [0.15, 0.2) is 17.4 Å². The van der Waals surface area contributed by atoms with Crippen LogP contribution in [0.4, 0.5) is 0 Å². The molecule has 1 aliphatic rings. The standard InChI is InChI=1S/C28H47N6O10P/c1-9-41-25(37)18(11-15(3)4)32-45(40,33-19(12-16(5)6)26(38)42-10-2)43-13-20-22(35)28(8,39)27(44-20)34-14-29-21-23(34)30-17(7)31-24(21)36/h14-16,18-20,22,27,35,39H,9-13H2,1-8H3,(H,30,31,36)(H2,32,33,40)/t18?,19?,20-,22+,27-,28?,45?/m1/s1. The van der Waals surface area contributed by atoms with Gasteiger partial charge in [-0.3, -0.25) is 23.5 Å². The van der Waals surface area contributed by atoms with Crippen molar-refractivity contribution in [2.75, 3.05) is 19.8 Å². The molecule has 6 atom stereocenters. The Hall–Kier alpha value is -2.72. The first-order chi connectivity index (χ1) is 21.0. The fraction of sp³-hybridized carbons (Fsp3) is 0.750. The second kappa shape index (κ2) is 15.2. The Kier molecular flexibility index (Phi) is 12.4. The highest BCUT2D eigenvalue weighted by atomic mass is 31.2. The van der Waals surface area contributed by atoms with Crippen molar-refractivity contribution >= 4 is 30.8 Å². The Morgan fingerprint density at radius 2 is 1.64 bits per heavy atom. The molecule has 16 nitrogen and oxygen atoms in total. The molecule has 254 valence electrons. The second-order valence-corrected chi connectivity index (χ2v) is 14.0. The number of aliphatic hydroxyl groups is 2. The molecule has 3 rings (SSSR count). The van der Waals surface area contributed by atoms with Gasteiger partial charge in [0.05, 0.1) is 26.1 Å². The Labute approximate surface area is 262 Å². The third-order valence-electron chi connectivity index (χ3n) is 7.19. The number of aliphatic hydroxyl groups excluding tert-OH is 1. The van der Waals surface area contributed by atoms with E-state index in [9.17, 15) is 29.2 Å². The SMILES string of the molecule is CCOC(=O)C(CC(C)C)NP(=O)(NC(CC(C)C)C(=O)OCC)OC[C@H]1O[C@@H](n2cnc3c(=O)[nH]c(C)nc32)C(C)(O)[C@H]1O. The monoisotopic (exact) mass is 658 g/mol. The highest BCUT2D eigenvalue weighted by Gasteiger charge is 2.54. The lowest BCUT2D eigenvalue weighted by Gasteiger charge is -2.30. The van der Waals surface area contributed by atoms with Crippen LogP contribution in [0.3, 0.4) is 0 Å². The van der Waals surface area contributed by atoms with Gasteiger partial charge in [-0.15, -0.1) is 0 Å². The molecule has 0 saturated carbocycles. The lowest BCUT2D eigenvalue weighted by atomic mass is 9.96. The van der Waals surface area contributed by atoms with Crippen LogP contribution in [0.2, 0.25) is 0 Å². The number of carbonyl (C=O) groups excluding carboxylic acids is 2. The van der Waals surface area contributed by atoms with Gasteiger partial charge >= 0.3 is 19.6 Å². The molecular weight excluding hydrogens is 611 g/mol. The fourth-order valence-electron chi connectivity index (χ4n) is 5.12. The summed E-state index contributed by atoms with van der Waals surface area (Å²) in [6.45, 7) is 13.4. The van der Waals surface area contributed by atoms with Crippen LogP contribution < -0.4 is 15.7 Å². The number of rotatable bonds is 16. The molecule has 1 fully saturated rings. The summed E-state index contributed by atoms with van der Waals surface area (Å²) in [4.78, 5) is 49.0. The summed E-state index contributed by atoms with van der Waals surface area (Å²) in [5, 5.41) is 28.0. The van der Waals surface area contributed by atoms with Crippen LogP contribution in [0, 0.1) is 18.8 Å². The zero-order valence-corrected chi connectivity index (χ0v) is 28.0. The summed E-state index contributed by atoms with van der Waals surface area (Å²) in [6, 6.07) is -2.14. The van der Waals surface area contributed by atoms with E-state index in [4.69, 9.17) is 18.7 Å². The smallest absolute Gasteiger partial charge is 0.342 e. The number of H-pyrrole nitrogens is 1. The molecule has 5 N–H and O–H groups in total. The maximum absolute atomic E-state index is 14.5. The van der Waals surface area contributed by atoms with Crippen molar-refractivity contribution in [1.29, 1.82) is 0 Å². The second-order valence-electron chi connectivity index (χ2n) is 12.1. The number of ether oxygens (including phenoxy) is 3. The topological polar surface area (TPSA) is 216 Å². The lowest BCUT2D eigenvalue weighted by Crippen LogP contribution is -2.47. The van der Waals surface area contributed by atoms with Crippen LogP contribution in [0.1, 0.15) is 73.4 Å². The van der Waals surface area contributed by atoms with E-state index in [-0.39, 0.29) is 49.1 Å². The first kappa shape index (κ1) is 36.7. The average Bonchev–Trinajstić information content (AvgIpc) is 3.44. The Balaban J connectivity index is 1.94. The maximum Gasteiger partial charge on any atom is 0.342 e. The molecule has 3 unspecified atom stereocenters. The van der Waals surface area contributed by atoms with Gasteiger partial charge in [0, 0.05) is 0 Å². The molecule has 0 bridgehead atoms. The van der Waals surface area contributed by atoms with Gasteiger partial charge in [-0.05, 0) is 52.4 Å². The highest BCUT2D eigenvalue weighted by Crippen LogP contribution is 2.44. The van der Waals surface area contributed by atoms with E-state index < -0.39 is 67.9 Å². The van der Waals surface area contributed by atoms with E-state index in [0.29, 0.717) is 5.82 Å². The molecule has 1 saturated heterocycles. The number of aromatic amines is 1. The number of esters is 2. The molecule has 2 aromatic heterocycles. The lowest BCUT2D eigenvalue weighted by molar-refractivity contribution is -0.146. The summed E-state index contributed by atoms with van der Waals surface area (Å²) in [7, 11) is -4.30. The number of imidazole rings is 1. The van der Waals surface area contributed by atoms with Crippen molar-refractivity contribution in [3.63, 3.8) is 0 Å². The van der Waals surface area contributed by atoms with E-state index in [0.717, 1.165) is 0 Å². The molecule has 2 aromatic rings. The molecule has 0 aliphatic carbocycles. The number of nitrogens with zero attached hydrogens (tertiary/aromatic N) is 3. The number of carbonyl (C=O) groups is 2. The first-order valence-corrected chi connectivity index (χ1v) is 16.8. The summed E-state index contributed by atoms with van der Waals surface area (Å²) >= 11 is 0. The predicted octanol–water partition coefficient (Wildman–Crippen LogP) is 1.70. The van der Waals surface area contributed by atoms with E-state index in [1.807, 2.05) is 27.7 Å². The van der Waals surface area contributed by atoms with Gasteiger partial charge in [0.2, 0.25) is 0 Å². The minimum absolute atomic E-state index is 0.0115. The maximum atomic E-state index is 14.5. The summed E-state index contributed by atoms with van der Waals surface area (Å²) in [5.41, 5.74) is -2.28. The Morgan fingerprint density at radius 1 is 1.11 bits per heavy atom. The van der Waals surface area contributed by atoms with Gasteiger partial charge in [-0.2, -0.15) is 0 Å². The van der Waals surface area contributed by atoms with Gasteiger partial charge in [-0.25, -0.2) is 20.1 Å². The molecule has 1 aliphatic heterocycles. The van der Waals surface area contributed by atoms with Gasteiger partial charge in [-0.1, -0.05) is 27.7 Å². The third-order valence-corrected chi connectivity index (χ3v) is 9.00. The third kappa shape index (κ3) is 8.97. The first-order valence-electron chi connectivity index (χ1n) is 15.2. The van der Waals surface area contributed by atoms with Crippen LogP contribution in [-0.4, -0.2) is 91.4 Å². The molecule has 0 amide bonds. The van der Waals surface area contributed by atoms with E-state index in [1.165, 1.54) is 17.8 Å². The number of nitrogens with one attached hydrogen (secondary N) is 3. The van der Waals surface area contributed by atoms with Gasteiger partial charge < -0.3 is 33.9 Å². The molecule has 3 heterocycles. The van der Waals surface area contributed by atoms with E-state index >= 15 is 0 Å². The molecule has 45 heavy (non-hydrogen) atoms. The van der Waals surface area contributed by atoms with Gasteiger partial charge in [0.25, 0.3) is 5.56 Å². The zero-order chi connectivity index (χ0) is 33.7. The minimum Gasteiger partial charge on any atom is -0.465 e. The van der Waals surface area contributed by atoms with Gasteiger partial charge in [0.1, 0.15) is 35.7 Å². The van der Waals surface area contributed by atoms with E-state index in [1.54, 1.807) is 20.8 Å². The average molecular weight is 659 g/mol. The van der Waals surface area contributed by atoms with Crippen molar-refractivity contribution in [3.8, 4) is 0 Å². The summed E-state index contributed by atoms with van der Waals surface area (Å²) < 4.78 is 38.1.